The van der Waals surface area contributed by atoms with Gasteiger partial charge in [0.25, 0.3) is 0 Å². The van der Waals surface area contributed by atoms with E-state index in [1.807, 2.05) is 0 Å². The predicted molar refractivity (Wildman–Crippen MR) is 66.2 cm³/mol. The van der Waals surface area contributed by atoms with E-state index in [9.17, 15) is 9.90 Å². The van der Waals surface area contributed by atoms with Crippen molar-refractivity contribution >= 4 is 5.97 Å². The molecule has 19 heavy (non-hydrogen) atoms. The average Bonchev–Trinajstić information content (AvgIpc) is 2.92. The molecule has 2 aliphatic rings. The number of nitrogens with zero attached hydrogens (tertiary/aromatic N) is 3. The zero-order chi connectivity index (χ0) is 13.2. The maximum Gasteiger partial charge on any atom is 0.320 e. The van der Waals surface area contributed by atoms with Gasteiger partial charge in [0.2, 0.25) is 5.89 Å². The van der Waals surface area contributed by atoms with Gasteiger partial charge in [-0.2, -0.15) is 4.98 Å². The maximum absolute atomic E-state index is 11.5. The molecule has 1 N–H and O–H groups in total. The molecule has 6 nitrogen and oxygen atoms in total. The first-order valence-electron chi connectivity index (χ1n) is 7.00. The molecule has 3 rings (SSSR count). The summed E-state index contributed by atoms with van der Waals surface area (Å²) in [6, 6.07) is -0.0539. The Morgan fingerprint density at radius 3 is 2.95 bits per heavy atom. The van der Waals surface area contributed by atoms with E-state index in [4.69, 9.17) is 4.52 Å². The summed E-state index contributed by atoms with van der Waals surface area (Å²) in [5, 5.41) is 13.0. The zero-order valence-electron chi connectivity index (χ0n) is 10.9. The molecule has 1 aromatic rings. The van der Waals surface area contributed by atoms with Gasteiger partial charge in [0.05, 0.1) is 6.54 Å². The van der Waals surface area contributed by atoms with Crippen LogP contribution in [0.1, 0.15) is 44.4 Å². The van der Waals surface area contributed by atoms with E-state index in [1.165, 1.54) is 25.6 Å². The van der Waals surface area contributed by atoms with Gasteiger partial charge in [-0.1, -0.05) is 18.0 Å². The first-order valence-corrected chi connectivity index (χ1v) is 7.00. The minimum Gasteiger partial charge on any atom is -0.480 e. The summed E-state index contributed by atoms with van der Waals surface area (Å²) in [7, 11) is 0. The van der Waals surface area contributed by atoms with Crippen LogP contribution in [0.5, 0.6) is 0 Å². The van der Waals surface area contributed by atoms with E-state index in [1.54, 1.807) is 0 Å². The lowest BCUT2D eigenvalue weighted by Crippen LogP contribution is -2.54. The number of hydrogen-bond donors (Lipinski definition) is 1. The molecule has 2 heterocycles. The van der Waals surface area contributed by atoms with Crippen molar-refractivity contribution in [3.8, 4) is 0 Å². The summed E-state index contributed by atoms with van der Waals surface area (Å²) in [6.45, 7) is 0.456. The largest absolute Gasteiger partial charge is 0.480 e. The van der Waals surface area contributed by atoms with Gasteiger partial charge in [-0.3, -0.25) is 9.69 Å². The van der Waals surface area contributed by atoms with Crippen molar-refractivity contribution in [2.24, 2.45) is 5.92 Å². The standard InChI is InChI=1S/C13H19N3O3/c17-13(18)11-6-5-9-3-1-2-4-10(9)16(11)7-12-14-8-15-19-12/h8-11H,1-7H2,(H,17,18). The van der Waals surface area contributed by atoms with Crippen LogP contribution in [0.15, 0.2) is 10.9 Å². The Morgan fingerprint density at radius 2 is 2.21 bits per heavy atom. The maximum atomic E-state index is 11.5. The minimum absolute atomic E-state index is 0.357. The third-order valence-electron chi connectivity index (χ3n) is 4.52. The van der Waals surface area contributed by atoms with Crippen LogP contribution in [-0.2, 0) is 11.3 Å². The molecule has 0 amide bonds. The minimum atomic E-state index is -0.733. The molecular weight excluding hydrogens is 246 g/mol. The molecule has 3 atom stereocenters. The van der Waals surface area contributed by atoms with E-state index < -0.39 is 12.0 Å². The quantitative estimate of drug-likeness (QED) is 0.895. The summed E-state index contributed by atoms with van der Waals surface area (Å²) in [5.41, 5.74) is 0. The Labute approximate surface area is 111 Å². The number of carbonyl (C=O) groups is 1. The summed E-state index contributed by atoms with van der Waals surface area (Å²) < 4.78 is 5.05. The van der Waals surface area contributed by atoms with Crippen LogP contribution in [0, 0.1) is 5.92 Å². The van der Waals surface area contributed by atoms with Crippen LogP contribution in [0.4, 0.5) is 0 Å². The van der Waals surface area contributed by atoms with Crippen molar-refractivity contribution in [2.45, 2.75) is 57.2 Å². The van der Waals surface area contributed by atoms with Crippen molar-refractivity contribution in [1.82, 2.24) is 15.0 Å². The Hall–Kier alpha value is -1.43. The second kappa shape index (κ2) is 5.28. The SMILES string of the molecule is O=C(O)C1CCC2CCCCC2N1Cc1ncno1. The third-order valence-corrected chi connectivity index (χ3v) is 4.52. The topological polar surface area (TPSA) is 79.5 Å². The van der Waals surface area contributed by atoms with Crippen molar-refractivity contribution in [1.29, 1.82) is 0 Å². The normalized spacial score (nSPS) is 31.9. The molecule has 6 heteroatoms. The highest BCUT2D eigenvalue weighted by molar-refractivity contribution is 5.73. The number of carboxylic acid groups (broad SMARTS) is 1. The molecule has 0 aromatic carbocycles. The molecule has 2 fully saturated rings. The molecule has 1 saturated carbocycles. The molecule has 1 saturated heterocycles. The monoisotopic (exact) mass is 265 g/mol. The van der Waals surface area contributed by atoms with Crippen molar-refractivity contribution in [2.75, 3.05) is 0 Å². The fourth-order valence-corrected chi connectivity index (χ4v) is 3.64. The highest BCUT2D eigenvalue weighted by Crippen LogP contribution is 2.38. The lowest BCUT2D eigenvalue weighted by atomic mass is 9.76. The van der Waals surface area contributed by atoms with E-state index in [0.29, 0.717) is 24.4 Å². The fraction of sp³-hybridized carbons (Fsp3) is 0.769. The van der Waals surface area contributed by atoms with Crippen LogP contribution < -0.4 is 0 Å². The Balaban J connectivity index is 1.81. The van der Waals surface area contributed by atoms with Gasteiger partial charge < -0.3 is 9.63 Å². The lowest BCUT2D eigenvalue weighted by molar-refractivity contribution is -0.149. The van der Waals surface area contributed by atoms with Gasteiger partial charge in [-0.05, 0) is 31.6 Å². The van der Waals surface area contributed by atoms with Gasteiger partial charge in [0.15, 0.2) is 6.33 Å². The van der Waals surface area contributed by atoms with E-state index in [0.717, 1.165) is 19.3 Å². The van der Waals surface area contributed by atoms with Gasteiger partial charge in [-0.25, -0.2) is 0 Å². The van der Waals surface area contributed by atoms with Crippen LogP contribution >= 0.6 is 0 Å². The number of fused-ring (bicyclic) bond motifs is 1. The molecule has 1 aromatic heterocycles. The van der Waals surface area contributed by atoms with Gasteiger partial charge in [-0.15, -0.1) is 0 Å². The first kappa shape index (κ1) is 12.6. The molecular formula is C13H19N3O3. The molecule has 1 aliphatic carbocycles. The van der Waals surface area contributed by atoms with Gasteiger partial charge in [0.1, 0.15) is 6.04 Å². The second-order valence-electron chi connectivity index (χ2n) is 5.55. The lowest BCUT2D eigenvalue weighted by Gasteiger charge is -2.46. The average molecular weight is 265 g/mol. The van der Waals surface area contributed by atoms with Crippen LogP contribution in [0.25, 0.3) is 0 Å². The first-order chi connectivity index (χ1) is 9.25. The third kappa shape index (κ3) is 2.49. The summed E-state index contributed by atoms with van der Waals surface area (Å²) in [6.07, 6.45) is 7.89. The van der Waals surface area contributed by atoms with Gasteiger partial charge in [0, 0.05) is 6.04 Å². The Bertz CT molecular complexity index is 434. The second-order valence-corrected chi connectivity index (χ2v) is 5.55. The molecule has 104 valence electrons. The number of aromatic nitrogens is 2. The Morgan fingerprint density at radius 1 is 1.37 bits per heavy atom. The number of hydrogen-bond acceptors (Lipinski definition) is 5. The van der Waals surface area contributed by atoms with Crippen LogP contribution in [-0.4, -0.2) is 38.2 Å². The van der Waals surface area contributed by atoms with E-state index in [-0.39, 0.29) is 0 Å². The number of piperidine rings is 1. The summed E-state index contributed by atoms with van der Waals surface area (Å²) >= 11 is 0. The molecule has 0 radical (unpaired) electrons. The fourth-order valence-electron chi connectivity index (χ4n) is 3.64. The number of aliphatic carboxylic acids is 1. The Kier molecular flexibility index (Phi) is 3.50. The van der Waals surface area contributed by atoms with E-state index in [2.05, 4.69) is 15.0 Å². The smallest absolute Gasteiger partial charge is 0.320 e. The number of rotatable bonds is 3. The molecule has 0 bridgehead atoms. The number of likely N-dealkylation sites (tertiary alicyclic amines) is 1. The van der Waals surface area contributed by atoms with Gasteiger partial charge >= 0.3 is 5.97 Å². The molecule has 1 aliphatic heterocycles. The predicted octanol–water partition coefficient (Wildman–Crippen LogP) is 1.68. The summed E-state index contributed by atoms with van der Waals surface area (Å²) in [5.74, 6) is 0.410. The summed E-state index contributed by atoms with van der Waals surface area (Å²) in [4.78, 5) is 17.6. The zero-order valence-corrected chi connectivity index (χ0v) is 10.9. The van der Waals surface area contributed by atoms with Crippen LogP contribution in [0.3, 0.4) is 0 Å². The number of carboxylic acids is 1. The molecule has 3 unspecified atom stereocenters. The molecule has 0 spiro atoms. The van der Waals surface area contributed by atoms with Crippen LogP contribution in [0.2, 0.25) is 0 Å². The van der Waals surface area contributed by atoms with Crippen molar-refractivity contribution in [3.63, 3.8) is 0 Å². The van der Waals surface area contributed by atoms with Crippen molar-refractivity contribution in [3.05, 3.63) is 12.2 Å². The van der Waals surface area contributed by atoms with E-state index >= 15 is 0 Å². The highest BCUT2D eigenvalue weighted by Gasteiger charge is 2.41. The highest BCUT2D eigenvalue weighted by atomic mass is 16.5. The van der Waals surface area contributed by atoms with Crippen molar-refractivity contribution < 1.29 is 14.4 Å².